The first kappa shape index (κ1) is 29.2. The Labute approximate surface area is 254 Å². The number of nitrogens with one attached hydrogen (secondary N) is 1. The molecule has 0 spiro atoms. The number of rotatable bonds is 10. The van der Waals surface area contributed by atoms with Gasteiger partial charge in [0.2, 0.25) is 5.82 Å². The van der Waals surface area contributed by atoms with Crippen molar-refractivity contribution in [1.29, 1.82) is 0 Å². The Bertz CT molecular complexity index is 1750. The van der Waals surface area contributed by atoms with Crippen LogP contribution < -0.4 is 5.32 Å². The van der Waals surface area contributed by atoms with E-state index in [1.54, 1.807) is 24.3 Å². The molecule has 5 aromatic rings. The van der Waals surface area contributed by atoms with Crippen molar-refractivity contribution in [2.75, 3.05) is 5.75 Å². The zero-order chi connectivity index (χ0) is 29.6. The molecule has 2 atom stereocenters. The van der Waals surface area contributed by atoms with Crippen LogP contribution in [-0.2, 0) is 21.3 Å². The number of carboxylic acid groups (broad SMARTS) is 1. The third-order valence-electron chi connectivity index (χ3n) is 6.33. The van der Waals surface area contributed by atoms with Gasteiger partial charge in [0.25, 0.3) is 5.91 Å². The highest BCUT2D eigenvalue weighted by atomic mass is 35.5. The van der Waals surface area contributed by atoms with Crippen molar-refractivity contribution in [3.63, 3.8) is 0 Å². The number of amides is 1. The van der Waals surface area contributed by atoms with Gasteiger partial charge in [-0.3, -0.25) is 9.00 Å². The lowest BCUT2D eigenvalue weighted by Crippen LogP contribution is -2.45. The number of benzene rings is 4. The molecule has 5 rings (SSSR count). The normalized spacial score (nSPS) is 12.4. The van der Waals surface area contributed by atoms with Crippen LogP contribution in [0.2, 0.25) is 10.0 Å². The molecule has 2 N–H and O–H groups in total. The zero-order valence-electron chi connectivity index (χ0n) is 22.0. The van der Waals surface area contributed by atoms with Crippen molar-refractivity contribution >= 4 is 45.9 Å². The van der Waals surface area contributed by atoms with E-state index in [1.165, 1.54) is 10.7 Å². The van der Waals surface area contributed by atoms with Gasteiger partial charge in [-0.25, -0.2) is 14.5 Å². The molecule has 0 aliphatic rings. The molecule has 0 bridgehead atoms. The predicted octanol–water partition coefficient (Wildman–Crippen LogP) is 6.04. The maximum atomic E-state index is 13.5. The highest BCUT2D eigenvalue weighted by molar-refractivity contribution is 7.84. The standard InChI is InChI=1S/C31H24Cl2N4O4S/c32-25-16-15-24(17-26(25)33)37-29(30(38)34-27(31(39)40)19-42(41)18-20-7-3-1-4-8-20)35-28(36-37)23-13-11-22(12-14-23)21-9-5-2-6-10-21/h1-17,27H,18-19H2,(H,34,38)(H,39,40). The molecule has 4 aromatic carbocycles. The molecule has 11 heteroatoms. The largest absolute Gasteiger partial charge is 0.480 e. The molecule has 1 amide bonds. The van der Waals surface area contributed by atoms with Crippen LogP contribution in [0.4, 0.5) is 0 Å². The van der Waals surface area contributed by atoms with Gasteiger partial charge in [0.1, 0.15) is 6.04 Å². The number of hydrogen-bond donors (Lipinski definition) is 2. The van der Waals surface area contributed by atoms with Gasteiger partial charge in [0.15, 0.2) is 5.82 Å². The van der Waals surface area contributed by atoms with E-state index in [1.807, 2.05) is 72.8 Å². The van der Waals surface area contributed by atoms with Gasteiger partial charge in [-0.1, -0.05) is 108 Å². The monoisotopic (exact) mass is 618 g/mol. The fourth-order valence-corrected chi connectivity index (χ4v) is 5.80. The molecule has 1 heterocycles. The molecule has 8 nitrogen and oxygen atoms in total. The van der Waals surface area contributed by atoms with Gasteiger partial charge in [0.05, 0.1) is 21.5 Å². The van der Waals surface area contributed by atoms with Crippen molar-refractivity contribution in [1.82, 2.24) is 20.1 Å². The second kappa shape index (κ2) is 13.1. The molecule has 0 fully saturated rings. The Hall–Kier alpha value is -4.31. The van der Waals surface area contributed by atoms with Crippen molar-refractivity contribution in [3.8, 4) is 28.2 Å². The lowest BCUT2D eigenvalue weighted by atomic mass is 10.0. The van der Waals surface area contributed by atoms with Crippen LogP contribution >= 0.6 is 23.2 Å². The van der Waals surface area contributed by atoms with Crippen molar-refractivity contribution < 1.29 is 18.9 Å². The number of hydrogen-bond acceptors (Lipinski definition) is 5. The summed E-state index contributed by atoms with van der Waals surface area (Å²) in [5.74, 6) is -2.18. The summed E-state index contributed by atoms with van der Waals surface area (Å²) in [4.78, 5) is 30.0. The van der Waals surface area contributed by atoms with E-state index < -0.39 is 28.7 Å². The number of nitrogens with zero attached hydrogens (tertiary/aromatic N) is 3. The summed E-state index contributed by atoms with van der Waals surface area (Å²) in [6, 6.07) is 29.7. The predicted molar refractivity (Wildman–Crippen MR) is 164 cm³/mol. The third kappa shape index (κ3) is 6.94. The van der Waals surface area contributed by atoms with Gasteiger partial charge in [0, 0.05) is 22.1 Å². The summed E-state index contributed by atoms with van der Waals surface area (Å²) in [5.41, 5.74) is 3.88. The third-order valence-corrected chi connectivity index (χ3v) is 8.43. The number of carbonyl (C=O) groups is 2. The van der Waals surface area contributed by atoms with Crippen LogP contribution in [0, 0.1) is 0 Å². The van der Waals surface area contributed by atoms with Crippen molar-refractivity contribution in [3.05, 3.63) is 125 Å². The summed E-state index contributed by atoms with van der Waals surface area (Å²) in [7, 11) is -1.55. The van der Waals surface area contributed by atoms with Crippen molar-refractivity contribution in [2.45, 2.75) is 11.8 Å². The summed E-state index contributed by atoms with van der Waals surface area (Å²) in [6.07, 6.45) is 0. The van der Waals surface area contributed by atoms with E-state index >= 15 is 0 Å². The Morgan fingerprint density at radius 2 is 1.45 bits per heavy atom. The first-order chi connectivity index (χ1) is 20.3. The van der Waals surface area contributed by atoms with Crippen LogP contribution in [0.25, 0.3) is 28.2 Å². The molecular formula is C31H24Cl2N4O4S. The van der Waals surface area contributed by atoms with E-state index in [0.29, 0.717) is 16.3 Å². The van der Waals surface area contributed by atoms with Gasteiger partial charge >= 0.3 is 5.97 Å². The van der Waals surface area contributed by atoms with E-state index in [-0.39, 0.29) is 28.2 Å². The van der Waals surface area contributed by atoms with Gasteiger partial charge in [-0.2, -0.15) is 0 Å². The van der Waals surface area contributed by atoms with E-state index in [4.69, 9.17) is 23.2 Å². The number of aromatic nitrogens is 3. The lowest BCUT2D eigenvalue weighted by Gasteiger charge is -2.14. The number of carbonyl (C=O) groups excluding carboxylic acids is 1. The SMILES string of the molecule is O=C(NC(CS(=O)Cc1ccccc1)C(=O)O)c1nc(-c2ccc(-c3ccccc3)cc2)nn1-c1ccc(Cl)c(Cl)c1. The minimum absolute atomic E-state index is 0.156. The topological polar surface area (TPSA) is 114 Å². The molecule has 0 saturated carbocycles. The van der Waals surface area contributed by atoms with Gasteiger partial charge in [-0.05, 0) is 34.9 Å². The lowest BCUT2D eigenvalue weighted by molar-refractivity contribution is -0.138. The average Bonchev–Trinajstić information content (AvgIpc) is 3.45. The minimum Gasteiger partial charge on any atom is -0.480 e. The first-order valence-corrected chi connectivity index (χ1v) is 15.0. The molecule has 212 valence electrons. The zero-order valence-corrected chi connectivity index (χ0v) is 24.3. The van der Waals surface area contributed by atoms with E-state index in [9.17, 15) is 18.9 Å². The molecule has 2 unspecified atom stereocenters. The fourth-order valence-electron chi connectivity index (χ4n) is 4.22. The van der Waals surface area contributed by atoms with E-state index in [0.717, 1.165) is 16.7 Å². The fraction of sp³-hybridized carbons (Fsp3) is 0.0968. The van der Waals surface area contributed by atoms with Crippen LogP contribution in [0.1, 0.15) is 16.2 Å². The van der Waals surface area contributed by atoms with Crippen LogP contribution in [0.5, 0.6) is 0 Å². The highest BCUT2D eigenvalue weighted by Crippen LogP contribution is 2.27. The maximum Gasteiger partial charge on any atom is 0.327 e. The number of aliphatic carboxylic acids is 1. The minimum atomic E-state index is -1.55. The molecular weight excluding hydrogens is 595 g/mol. The second-order valence-corrected chi connectivity index (χ2v) is 11.6. The Morgan fingerprint density at radius 3 is 2.10 bits per heavy atom. The Morgan fingerprint density at radius 1 is 0.833 bits per heavy atom. The van der Waals surface area contributed by atoms with E-state index in [2.05, 4.69) is 15.4 Å². The first-order valence-electron chi connectivity index (χ1n) is 12.8. The van der Waals surface area contributed by atoms with Crippen LogP contribution in [0.3, 0.4) is 0 Å². The molecule has 1 aromatic heterocycles. The number of carboxylic acids is 1. The molecule has 0 aliphatic carbocycles. The Kier molecular flexibility index (Phi) is 9.12. The summed E-state index contributed by atoms with van der Waals surface area (Å²) < 4.78 is 14.0. The molecule has 0 radical (unpaired) electrons. The smallest absolute Gasteiger partial charge is 0.327 e. The molecule has 42 heavy (non-hydrogen) atoms. The second-order valence-electron chi connectivity index (χ2n) is 9.31. The summed E-state index contributed by atoms with van der Waals surface area (Å²) >= 11 is 12.3. The highest BCUT2D eigenvalue weighted by Gasteiger charge is 2.27. The molecule has 0 saturated heterocycles. The Balaban J connectivity index is 1.44. The van der Waals surface area contributed by atoms with Crippen LogP contribution in [-0.4, -0.2) is 47.8 Å². The van der Waals surface area contributed by atoms with Crippen molar-refractivity contribution in [2.24, 2.45) is 0 Å². The average molecular weight is 620 g/mol. The van der Waals surface area contributed by atoms with Gasteiger partial charge < -0.3 is 10.4 Å². The molecule has 0 aliphatic heterocycles. The summed E-state index contributed by atoms with van der Waals surface area (Å²) in [5, 5.41) is 17.4. The van der Waals surface area contributed by atoms with Crippen LogP contribution in [0.15, 0.2) is 103 Å². The quantitative estimate of drug-likeness (QED) is 0.197. The number of halogens is 2. The van der Waals surface area contributed by atoms with Gasteiger partial charge in [-0.15, -0.1) is 5.10 Å². The summed E-state index contributed by atoms with van der Waals surface area (Å²) in [6.45, 7) is 0. The maximum absolute atomic E-state index is 13.5.